The summed E-state index contributed by atoms with van der Waals surface area (Å²) in [5.74, 6) is 0.696. The van der Waals surface area contributed by atoms with Gasteiger partial charge in [0.2, 0.25) is 0 Å². The van der Waals surface area contributed by atoms with Gasteiger partial charge < -0.3 is 0 Å². The van der Waals surface area contributed by atoms with Gasteiger partial charge in [-0.2, -0.15) is 0 Å². The van der Waals surface area contributed by atoms with Gasteiger partial charge in [0, 0.05) is 16.7 Å². The van der Waals surface area contributed by atoms with Gasteiger partial charge in [-0.15, -0.1) is 0 Å². The molecule has 2 aliphatic rings. The normalized spacial score (nSPS) is 12.7. The second kappa shape index (κ2) is 14.1. The van der Waals surface area contributed by atoms with Gasteiger partial charge in [0.05, 0.1) is 16.8 Å². The summed E-state index contributed by atoms with van der Waals surface area (Å²) in [5, 5.41) is 0. The van der Waals surface area contributed by atoms with Crippen molar-refractivity contribution in [2.24, 2.45) is 0 Å². The van der Waals surface area contributed by atoms with E-state index in [2.05, 4.69) is 224 Å². The molecule has 9 aromatic carbocycles. The van der Waals surface area contributed by atoms with Crippen molar-refractivity contribution in [3.05, 3.63) is 253 Å². The van der Waals surface area contributed by atoms with Crippen LogP contribution in [0.15, 0.2) is 231 Å². The molecule has 0 aliphatic heterocycles. The van der Waals surface area contributed by atoms with Crippen molar-refractivity contribution in [3.8, 4) is 89.5 Å². The molecule has 0 saturated heterocycles. The van der Waals surface area contributed by atoms with Crippen molar-refractivity contribution in [2.45, 2.75) is 5.41 Å². The second-order valence-electron chi connectivity index (χ2n) is 16.1. The lowest BCUT2D eigenvalue weighted by Gasteiger charge is -2.35. The summed E-state index contributed by atoms with van der Waals surface area (Å²) in [7, 11) is 0. The van der Waals surface area contributed by atoms with Crippen LogP contribution < -0.4 is 0 Å². The van der Waals surface area contributed by atoms with Crippen LogP contribution in [0.1, 0.15) is 22.3 Å². The Hall–Kier alpha value is -7.94. The van der Waals surface area contributed by atoms with E-state index in [9.17, 15) is 0 Å². The van der Waals surface area contributed by atoms with E-state index in [1.807, 2.05) is 6.07 Å². The molecule has 1 spiro atoms. The first-order chi connectivity index (χ1) is 30.2. The van der Waals surface area contributed by atoms with Crippen LogP contribution in [0.4, 0.5) is 0 Å². The first kappa shape index (κ1) is 35.0. The Morgan fingerprint density at radius 3 is 1.11 bits per heavy atom. The first-order valence-corrected chi connectivity index (χ1v) is 21.0. The number of hydrogen-bond acceptors (Lipinski definition) is 2. The smallest absolute Gasteiger partial charge is 0.160 e. The number of nitrogens with zero attached hydrogens (tertiary/aromatic N) is 2. The maximum absolute atomic E-state index is 5.35. The van der Waals surface area contributed by atoms with Crippen molar-refractivity contribution in [1.29, 1.82) is 0 Å². The topological polar surface area (TPSA) is 25.8 Å². The van der Waals surface area contributed by atoms with E-state index >= 15 is 0 Å². The molecule has 0 bridgehead atoms. The minimum Gasteiger partial charge on any atom is -0.228 e. The largest absolute Gasteiger partial charge is 0.228 e. The highest BCUT2D eigenvalue weighted by atomic mass is 14.9. The van der Waals surface area contributed by atoms with Gasteiger partial charge in [0.1, 0.15) is 0 Å². The summed E-state index contributed by atoms with van der Waals surface area (Å²) in [6.45, 7) is 0. The van der Waals surface area contributed by atoms with Crippen LogP contribution in [0.25, 0.3) is 89.5 Å². The standard InChI is InChI=1S/C59H38N2/c1-4-18-39(19-5-1)43-34-44(40-20-6-2-7-21-40)36-45(35-43)57-38-56(60-58(61-57)41-22-8-3-9-23-41)42-32-33-55-51(37-42)50-28-14-17-31-54(50)59(55)52-29-15-12-26-48(52)46-24-10-11-25-47(46)49-27-13-16-30-53(49)59/h1-38H. The number of rotatable bonds is 5. The molecule has 0 atom stereocenters. The van der Waals surface area contributed by atoms with E-state index in [0.29, 0.717) is 5.82 Å². The van der Waals surface area contributed by atoms with Crippen LogP contribution in [0.3, 0.4) is 0 Å². The summed E-state index contributed by atoms with van der Waals surface area (Å²) in [6, 6.07) is 83.6. The Labute approximate surface area is 356 Å². The average molecular weight is 775 g/mol. The van der Waals surface area contributed by atoms with E-state index in [4.69, 9.17) is 9.97 Å². The van der Waals surface area contributed by atoms with E-state index in [1.54, 1.807) is 0 Å². The minimum atomic E-state index is -0.533. The fourth-order valence-corrected chi connectivity index (χ4v) is 10.0. The van der Waals surface area contributed by atoms with Crippen LogP contribution in [-0.2, 0) is 5.41 Å². The summed E-state index contributed by atoms with van der Waals surface area (Å²) >= 11 is 0. The number of fused-ring (bicyclic) bond motifs is 12. The van der Waals surface area contributed by atoms with Gasteiger partial charge in [0.15, 0.2) is 5.82 Å². The van der Waals surface area contributed by atoms with E-state index in [-0.39, 0.29) is 0 Å². The Kier molecular flexibility index (Phi) is 8.11. The van der Waals surface area contributed by atoms with Gasteiger partial charge in [0.25, 0.3) is 0 Å². The molecule has 0 saturated carbocycles. The molecular weight excluding hydrogens is 737 g/mol. The molecule has 61 heavy (non-hydrogen) atoms. The molecule has 12 rings (SSSR count). The highest BCUT2D eigenvalue weighted by Gasteiger charge is 2.49. The molecule has 0 fully saturated rings. The summed E-state index contributed by atoms with van der Waals surface area (Å²) < 4.78 is 0. The lowest BCUT2D eigenvalue weighted by atomic mass is 9.66. The first-order valence-electron chi connectivity index (χ1n) is 21.0. The number of hydrogen-bond donors (Lipinski definition) is 0. The lowest BCUT2D eigenvalue weighted by molar-refractivity contribution is 0.775. The van der Waals surface area contributed by atoms with Crippen LogP contribution in [0.2, 0.25) is 0 Å². The third-order valence-corrected chi connectivity index (χ3v) is 12.7. The van der Waals surface area contributed by atoms with Crippen LogP contribution in [0, 0.1) is 0 Å². The van der Waals surface area contributed by atoms with Gasteiger partial charge in [-0.05, 0) is 108 Å². The SMILES string of the molecule is c1ccc(-c2cc(-c3ccccc3)cc(-c3cc(-c4ccc5c(c4)-c4ccccc4C54c5ccccc5-c5ccccc5-c5ccccc54)nc(-c4ccccc4)n3)c2)cc1. The van der Waals surface area contributed by atoms with Crippen molar-refractivity contribution in [2.75, 3.05) is 0 Å². The van der Waals surface area contributed by atoms with Crippen molar-refractivity contribution in [1.82, 2.24) is 9.97 Å². The van der Waals surface area contributed by atoms with Crippen molar-refractivity contribution >= 4 is 0 Å². The van der Waals surface area contributed by atoms with Crippen LogP contribution in [0.5, 0.6) is 0 Å². The zero-order valence-corrected chi connectivity index (χ0v) is 33.3. The predicted molar refractivity (Wildman–Crippen MR) is 251 cm³/mol. The molecule has 0 unspecified atom stereocenters. The molecule has 2 nitrogen and oxygen atoms in total. The van der Waals surface area contributed by atoms with E-state index < -0.39 is 5.41 Å². The molecule has 10 aromatic rings. The highest BCUT2D eigenvalue weighted by molar-refractivity contribution is 5.98. The van der Waals surface area contributed by atoms with Crippen molar-refractivity contribution < 1.29 is 0 Å². The predicted octanol–water partition coefficient (Wildman–Crippen LogP) is 14.8. The monoisotopic (exact) mass is 774 g/mol. The molecule has 0 N–H and O–H groups in total. The van der Waals surface area contributed by atoms with E-state index in [0.717, 1.165) is 50.3 Å². The average Bonchev–Trinajstić information content (AvgIpc) is 3.58. The third kappa shape index (κ3) is 5.57. The van der Waals surface area contributed by atoms with Gasteiger partial charge >= 0.3 is 0 Å². The third-order valence-electron chi connectivity index (χ3n) is 12.7. The molecule has 2 aliphatic carbocycles. The Morgan fingerprint density at radius 2 is 0.607 bits per heavy atom. The number of benzene rings is 9. The zero-order chi connectivity index (χ0) is 40.3. The summed E-state index contributed by atoms with van der Waals surface area (Å²) in [5.41, 5.74) is 21.6. The highest BCUT2D eigenvalue weighted by Crippen LogP contribution is 2.61. The molecule has 2 heteroatoms. The fourth-order valence-electron chi connectivity index (χ4n) is 10.0. The molecule has 284 valence electrons. The maximum atomic E-state index is 5.35. The van der Waals surface area contributed by atoms with Crippen LogP contribution >= 0.6 is 0 Å². The Morgan fingerprint density at radius 1 is 0.230 bits per heavy atom. The molecule has 1 heterocycles. The molecule has 0 amide bonds. The molecule has 0 radical (unpaired) electrons. The lowest BCUT2D eigenvalue weighted by Crippen LogP contribution is -2.29. The van der Waals surface area contributed by atoms with Gasteiger partial charge in [-0.25, -0.2) is 9.97 Å². The zero-order valence-electron chi connectivity index (χ0n) is 33.3. The summed E-state index contributed by atoms with van der Waals surface area (Å²) in [6.07, 6.45) is 0. The number of aromatic nitrogens is 2. The van der Waals surface area contributed by atoms with Crippen molar-refractivity contribution in [3.63, 3.8) is 0 Å². The summed E-state index contributed by atoms with van der Waals surface area (Å²) in [4.78, 5) is 10.7. The maximum Gasteiger partial charge on any atom is 0.160 e. The molecular formula is C59H38N2. The Balaban J connectivity index is 1.10. The minimum absolute atomic E-state index is 0.533. The fraction of sp³-hybridized carbons (Fsp3) is 0.0169. The second-order valence-corrected chi connectivity index (χ2v) is 16.1. The van der Waals surface area contributed by atoms with Crippen LogP contribution in [-0.4, -0.2) is 9.97 Å². The quantitative estimate of drug-likeness (QED) is 0.174. The van der Waals surface area contributed by atoms with Gasteiger partial charge in [-0.1, -0.05) is 200 Å². The van der Waals surface area contributed by atoms with E-state index in [1.165, 1.54) is 55.6 Å². The van der Waals surface area contributed by atoms with Gasteiger partial charge in [-0.3, -0.25) is 0 Å². The Bertz CT molecular complexity index is 3170. The molecule has 1 aromatic heterocycles.